The maximum atomic E-state index is 13.4. The van der Waals surface area contributed by atoms with Crippen LogP contribution in [0.25, 0.3) is 0 Å². The number of nitrogens with zero attached hydrogens (tertiary/aromatic N) is 3. The molecule has 1 amide bonds. The summed E-state index contributed by atoms with van der Waals surface area (Å²) in [6.07, 6.45) is 10.2. The third-order valence-corrected chi connectivity index (χ3v) is 5.35. The Labute approximate surface area is 172 Å². The molecule has 1 aliphatic heterocycles. The molecule has 2 aliphatic rings. The van der Waals surface area contributed by atoms with E-state index in [0.29, 0.717) is 12.6 Å². The van der Waals surface area contributed by atoms with Gasteiger partial charge in [0.2, 0.25) is 5.91 Å². The van der Waals surface area contributed by atoms with Crippen molar-refractivity contribution in [3.05, 3.63) is 47.8 Å². The number of halogens is 2. The molecule has 8 heteroatoms. The van der Waals surface area contributed by atoms with Crippen LogP contribution in [0.1, 0.15) is 55.2 Å². The van der Waals surface area contributed by atoms with Gasteiger partial charge in [-0.05, 0) is 25.0 Å². The Morgan fingerprint density at radius 1 is 1.15 bits per heavy atom. The van der Waals surface area contributed by atoms with E-state index >= 15 is 0 Å². The van der Waals surface area contributed by atoms with E-state index < -0.39 is 0 Å². The first-order chi connectivity index (χ1) is 12.3. The predicted octanol–water partition coefficient (Wildman–Crippen LogP) is 3.20. The molecule has 3 heterocycles. The van der Waals surface area contributed by atoms with Crippen LogP contribution in [0.2, 0.25) is 0 Å². The van der Waals surface area contributed by atoms with Gasteiger partial charge in [-0.2, -0.15) is 0 Å². The molecule has 1 aliphatic carbocycles. The second kappa shape index (κ2) is 10.1. The molecule has 2 aromatic heterocycles. The van der Waals surface area contributed by atoms with Crippen molar-refractivity contribution >= 4 is 30.7 Å². The Balaban J connectivity index is 0.00000131. The van der Waals surface area contributed by atoms with Gasteiger partial charge in [-0.3, -0.25) is 9.78 Å². The number of nitrogens with one attached hydrogen (secondary N) is 2. The largest absolute Gasteiger partial charge is 0.348 e. The van der Waals surface area contributed by atoms with E-state index in [4.69, 9.17) is 0 Å². The lowest BCUT2D eigenvalue weighted by Crippen LogP contribution is -2.48. The molecule has 0 bridgehead atoms. The second-order valence-electron chi connectivity index (χ2n) is 6.98. The first-order valence-electron chi connectivity index (χ1n) is 9.29. The summed E-state index contributed by atoms with van der Waals surface area (Å²) in [6, 6.07) is 5.85. The van der Waals surface area contributed by atoms with E-state index in [1.54, 1.807) is 12.5 Å². The molecule has 1 atom stereocenters. The van der Waals surface area contributed by atoms with Gasteiger partial charge in [-0.25, -0.2) is 4.98 Å². The summed E-state index contributed by atoms with van der Waals surface area (Å²) in [7, 11) is 0. The normalized spacial score (nSPS) is 19.3. The van der Waals surface area contributed by atoms with Crippen molar-refractivity contribution in [1.29, 1.82) is 0 Å². The number of carbonyl (C=O) groups excluding carboxylic acids is 1. The SMILES string of the molecule is Cl.Cl.O=C(C1NCCc2[nH]cnc21)N(Cc1ccccn1)C1CCCCC1. The molecule has 1 unspecified atom stereocenters. The molecule has 6 nitrogen and oxygen atoms in total. The Morgan fingerprint density at radius 2 is 1.96 bits per heavy atom. The lowest BCUT2D eigenvalue weighted by molar-refractivity contribution is -0.137. The molecule has 0 saturated heterocycles. The van der Waals surface area contributed by atoms with Gasteiger partial charge < -0.3 is 15.2 Å². The van der Waals surface area contributed by atoms with Gasteiger partial charge >= 0.3 is 0 Å². The van der Waals surface area contributed by atoms with Crippen LogP contribution in [0.5, 0.6) is 0 Å². The van der Waals surface area contributed by atoms with Gasteiger partial charge in [0.25, 0.3) is 0 Å². The number of aromatic amines is 1. The second-order valence-corrected chi connectivity index (χ2v) is 6.98. The van der Waals surface area contributed by atoms with Crippen molar-refractivity contribution in [2.24, 2.45) is 0 Å². The highest BCUT2D eigenvalue weighted by atomic mass is 35.5. The van der Waals surface area contributed by atoms with E-state index in [9.17, 15) is 4.79 Å². The average Bonchev–Trinajstić information content (AvgIpc) is 3.16. The van der Waals surface area contributed by atoms with Crippen LogP contribution < -0.4 is 5.32 Å². The summed E-state index contributed by atoms with van der Waals surface area (Å²) in [5, 5.41) is 3.37. The van der Waals surface area contributed by atoms with Crippen molar-refractivity contribution in [3.63, 3.8) is 0 Å². The quantitative estimate of drug-likeness (QED) is 0.809. The molecule has 0 spiro atoms. The van der Waals surface area contributed by atoms with Crippen molar-refractivity contribution in [2.45, 2.75) is 57.2 Å². The van der Waals surface area contributed by atoms with Crippen LogP contribution in [-0.4, -0.2) is 38.3 Å². The fraction of sp³-hybridized carbons (Fsp3) is 0.526. The Hall–Kier alpha value is -1.63. The summed E-state index contributed by atoms with van der Waals surface area (Å²) in [5.41, 5.74) is 2.89. The fourth-order valence-corrected chi connectivity index (χ4v) is 4.03. The number of hydrogen-bond acceptors (Lipinski definition) is 4. The first kappa shape index (κ1) is 21.7. The molecule has 2 aromatic rings. The minimum absolute atomic E-state index is 0. The number of carbonyl (C=O) groups is 1. The van der Waals surface area contributed by atoms with E-state index in [1.165, 1.54) is 19.3 Å². The number of H-pyrrole nitrogens is 1. The van der Waals surface area contributed by atoms with Crippen LogP contribution in [-0.2, 0) is 17.8 Å². The van der Waals surface area contributed by atoms with E-state index in [2.05, 4.69) is 20.3 Å². The van der Waals surface area contributed by atoms with Crippen LogP contribution in [0.15, 0.2) is 30.7 Å². The van der Waals surface area contributed by atoms with Crippen LogP contribution in [0, 0.1) is 0 Å². The van der Waals surface area contributed by atoms with Crippen LogP contribution >= 0.6 is 24.8 Å². The zero-order chi connectivity index (χ0) is 17.1. The molecular weight excluding hydrogens is 385 g/mol. The summed E-state index contributed by atoms with van der Waals surface area (Å²) in [6.45, 7) is 1.37. The first-order valence-corrected chi connectivity index (χ1v) is 9.29. The molecule has 0 aromatic carbocycles. The van der Waals surface area contributed by atoms with Gasteiger partial charge in [0.1, 0.15) is 6.04 Å². The fourth-order valence-electron chi connectivity index (χ4n) is 4.03. The molecular formula is C19H27Cl2N5O. The van der Waals surface area contributed by atoms with E-state index in [0.717, 1.165) is 42.9 Å². The van der Waals surface area contributed by atoms with Crippen LogP contribution in [0.3, 0.4) is 0 Å². The molecule has 0 radical (unpaired) electrons. The van der Waals surface area contributed by atoms with E-state index in [1.807, 2.05) is 23.1 Å². The maximum Gasteiger partial charge on any atom is 0.246 e. The number of amides is 1. The molecule has 2 N–H and O–H groups in total. The zero-order valence-electron chi connectivity index (χ0n) is 15.3. The molecule has 1 saturated carbocycles. The lowest BCUT2D eigenvalue weighted by atomic mass is 9.93. The summed E-state index contributed by atoms with van der Waals surface area (Å²) in [4.78, 5) is 27.5. The minimum Gasteiger partial charge on any atom is -0.348 e. The maximum absolute atomic E-state index is 13.4. The summed E-state index contributed by atoms with van der Waals surface area (Å²) < 4.78 is 0. The number of hydrogen-bond donors (Lipinski definition) is 2. The predicted molar refractivity (Wildman–Crippen MR) is 109 cm³/mol. The highest BCUT2D eigenvalue weighted by Crippen LogP contribution is 2.28. The van der Waals surface area contributed by atoms with Crippen LogP contribution in [0.4, 0.5) is 0 Å². The highest BCUT2D eigenvalue weighted by Gasteiger charge is 2.35. The number of imidazole rings is 1. The minimum atomic E-state index is -0.347. The van der Waals surface area contributed by atoms with E-state index in [-0.39, 0.29) is 36.8 Å². The van der Waals surface area contributed by atoms with Crippen molar-refractivity contribution in [3.8, 4) is 0 Å². The van der Waals surface area contributed by atoms with Crippen molar-refractivity contribution in [2.75, 3.05) is 6.54 Å². The smallest absolute Gasteiger partial charge is 0.246 e. The number of fused-ring (bicyclic) bond motifs is 1. The lowest BCUT2D eigenvalue weighted by Gasteiger charge is -2.37. The number of pyridine rings is 1. The van der Waals surface area contributed by atoms with Crippen molar-refractivity contribution < 1.29 is 4.79 Å². The number of rotatable bonds is 4. The Bertz CT molecular complexity index is 718. The third kappa shape index (κ3) is 4.81. The Kier molecular flexibility index (Phi) is 8.07. The van der Waals surface area contributed by atoms with Gasteiger partial charge in [0.15, 0.2) is 0 Å². The monoisotopic (exact) mass is 411 g/mol. The third-order valence-electron chi connectivity index (χ3n) is 5.35. The topological polar surface area (TPSA) is 73.9 Å². The zero-order valence-corrected chi connectivity index (χ0v) is 16.9. The van der Waals surface area contributed by atoms with Crippen molar-refractivity contribution in [1.82, 2.24) is 25.2 Å². The summed E-state index contributed by atoms with van der Waals surface area (Å²) in [5.74, 6) is 0.130. The highest BCUT2D eigenvalue weighted by molar-refractivity contribution is 5.85. The van der Waals surface area contributed by atoms with Gasteiger partial charge in [-0.1, -0.05) is 25.3 Å². The average molecular weight is 412 g/mol. The number of aromatic nitrogens is 3. The molecule has 1 fully saturated rings. The molecule has 4 rings (SSSR count). The standard InChI is InChI=1S/C19H25N5O.2ClH/c25-19(18-17-16(9-11-21-18)22-13-23-17)24(15-7-2-1-3-8-15)12-14-6-4-5-10-20-14;;/h4-6,10,13,15,18,21H,1-3,7-9,11-12H2,(H,22,23);2*1H. The Morgan fingerprint density at radius 3 is 2.70 bits per heavy atom. The van der Waals surface area contributed by atoms with Gasteiger partial charge in [0.05, 0.1) is 24.3 Å². The summed E-state index contributed by atoms with van der Waals surface area (Å²) >= 11 is 0. The molecule has 27 heavy (non-hydrogen) atoms. The molecule has 148 valence electrons. The van der Waals surface area contributed by atoms with Gasteiger partial charge in [0, 0.05) is 30.9 Å². The van der Waals surface area contributed by atoms with Gasteiger partial charge in [-0.15, -0.1) is 24.8 Å².